The van der Waals surface area contributed by atoms with Crippen LogP contribution < -0.4 is 10.2 Å². The quantitative estimate of drug-likeness (QED) is 0.109. The number of carbonyl (C=O) groups is 2. The molecule has 0 saturated carbocycles. The first-order valence-corrected chi connectivity index (χ1v) is 12.5. The molecule has 36 heavy (non-hydrogen) atoms. The van der Waals surface area contributed by atoms with Crippen LogP contribution in [-0.4, -0.2) is 43.1 Å². The first-order valence-electron chi connectivity index (χ1n) is 10.8. The molecule has 1 N–H and O–H groups in total. The van der Waals surface area contributed by atoms with E-state index in [9.17, 15) is 9.59 Å². The fourth-order valence-corrected chi connectivity index (χ4v) is 4.19. The number of aromatic nitrogens is 4. The third-order valence-electron chi connectivity index (χ3n) is 4.87. The summed E-state index contributed by atoms with van der Waals surface area (Å²) in [5, 5.41) is 13.4. The number of thioether (sulfide) groups is 1. The monoisotopic (exact) mass is 564 g/mol. The number of nitrogens with zero attached hydrogens (tertiary/aromatic N) is 5. The summed E-state index contributed by atoms with van der Waals surface area (Å²) in [6.45, 7) is 3.12. The minimum absolute atomic E-state index is 0.0905. The van der Waals surface area contributed by atoms with Gasteiger partial charge in [-0.3, -0.25) is 19.1 Å². The fourth-order valence-electron chi connectivity index (χ4n) is 3.18. The van der Waals surface area contributed by atoms with Crippen LogP contribution in [0.3, 0.4) is 0 Å². The molecule has 0 aliphatic heterocycles. The highest BCUT2D eigenvalue weighted by Gasteiger charge is 2.17. The van der Waals surface area contributed by atoms with E-state index in [4.69, 9.17) is 4.74 Å². The first kappa shape index (κ1) is 25.3. The number of benzene rings is 2. The number of hydrogen-bond donors (Lipinski definition) is 1. The Morgan fingerprint density at radius 3 is 2.36 bits per heavy atom. The molecule has 2 aromatic carbocycles. The van der Waals surface area contributed by atoms with Gasteiger partial charge < -0.3 is 4.74 Å². The SMILES string of the molecule is CC(=O)Oc1ccc(C(C)=NNC(=O)CSc2nnc(-c3ccncc3)n2-c2ccc(Br)cc2)cc1. The zero-order chi connectivity index (χ0) is 25.5. The summed E-state index contributed by atoms with van der Waals surface area (Å²) >= 11 is 4.72. The maximum Gasteiger partial charge on any atom is 0.308 e. The highest BCUT2D eigenvalue weighted by molar-refractivity contribution is 9.10. The number of carbonyl (C=O) groups excluding carboxylic acids is 2. The molecular formula is C25H21BrN6O3S. The lowest BCUT2D eigenvalue weighted by Crippen LogP contribution is -2.21. The molecule has 11 heteroatoms. The zero-order valence-electron chi connectivity index (χ0n) is 19.4. The van der Waals surface area contributed by atoms with Gasteiger partial charge in [-0.05, 0) is 73.2 Å². The topological polar surface area (TPSA) is 111 Å². The summed E-state index contributed by atoms with van der Waals surface area (Å²) < 4.78 is 7.88. The average Bonchev–Trinajstić information content (AvgIpc) is 3.31. The van der Waals surface area contributed by atoms with Crippen molar-refractivity contribution in [3.63, 3.8) is 0 Å². The van der Waals surface area contributed by atoms with Crippen LogP contribution in [-0.2, 0) is 9.59 Å². The van der Waals surface area contributed by atoms with Crippen molar-refractivity contribution >= 4 is 45.3 Å². The van der Waals surface area contributed by atoms with Crippen LogP contribution in [0, 0.1) is 0 Å². The lowest BCUT2D eigenvalue weighted by atomic mass is 10.1. The van der Waals surface area contributed by atoms with Crippen LogP contribution in [0.15, 0.2) is 87.8 Å². The van der Waals surface area contributed by atoms with Gasteiger partial charge in [-0.15, -0.1) is 10.2 Å². The van der Waals surface area contributed by atoms with E-state index in [1.165, 1.54) is 18.7 Å². The maximum absolute atomic E-state index is 12.5. The molecule has 2 aromatic heterocycles. The molecule has 0 radical (unpaired) electrons. The molecule has 0 aliphatic rings. The lowest BCUT2D eigenvalue weighted by molar-refractivity contribution is -0.131. The molecule has 2 heterocycles. The Labute approximate surface area is 220 Å². The van der Waals surface area contributed by atoms with E-state index in [1.54, 1.807) is 43.6 Å². The van der Waals surface area contributed by atoms with E-state index in [0.29, 0.717) is 22.4 Å². The van der Waals surface area contributed by atoms with E-state index in [1.807, 2.05) is 41.0 Å². The van der Waals surface area contributed by atoms with Crippen molar-refractivity contribution in [1.82, 2.24) is 25.2 Å². The third kappa shape index (κ3) is 6.43. The molecule has 0 atom stereocenters. The predicted molar refractivity (Wildman–Crippen MR) is 141 cm³/mol. The molecule has 0 bridgehead atoms. The number of pyridine rings is 1. The predicted octanol–water partition coefficient (Wildman–Crippen LogP) is 4.65. The second-order valence-electron chi connectivity index (χ2n) is 7.49. The molecular weight excluding hydrogens is 544 g/mol. The molecule has 4 rings (SSSR count). The Kier molecular flexibility index (Phi) is 8.24. The van der Waals surface area contributed by atoms with Crippen LogP contribution >= 0.6 is 27.7 Å². The number of halogens is 1. The minimum Gasteiger partial charge on any atom is -0.427 e. The van der Waals surface area contributed by atoms with Gasteiger partial charge in [0.2, 0.25) is 0 Å². The normalized spacial score (nSPS) is 11.2. The first-order chi connectivity index (χ1) is 17.4. The van der Waals surface area contributed by atoms with Gasteiger partial charge in [0.25, 0.3) is 5.91 Å². The molecule has 9 nitrogen and oxygen atoms in total. The highest BCUT2D eigenvalue weighted by Crippen LogP contribution is 2.28. The number of hydrazone groups is 1. The number of esters is 1. The van der Waals surface area contributed by atoms with Crippen LogP contribution in [0.2, 0.25) is 0 Å². The largest absolute Gasteiger partial charge is 0.427 e. The van der Waals surface area contributed by atoms with E-state index < -0.39 is 0 Å². The number of nitrogens with one attached hydrogen (secondary N) is 1. The Bertz CT molecular complexity index is 1390. The summed E-state index contributed by atoms with van der Waals surface area (Å²) in [5.74, 6) is 0.510. The lowest BCUT2D eigenvalue weighted by Gasteiger charge is -2.10. The van der Waals surface area contributed by atoms with Crippen LogP contribution in [0.4, 0.5) is 0 Å². The van der Waals surface area contributed by atoms with E-state index >= 15 is 0 Å². The second kappa shape index (κ2) is 11.7. The van der Waals surface area contributed by atoms with Gasteiger partial charge >= 0.3 is 5.97 Å². The number of rotatable bonds is 8. The van der Waals surface area contributed by atoms with Gasteiger partial charge in [0, 0.05) is 35.0 Å². The van der Waals surface area contributed by atoms with Gasteiger partial charge in [0.15, 0.2) is 11.0 Å². The third-order valence-corrected chi connectivity index (χ3v) is 6.33. The Balaban J connectivity index is 1.46. The molecule has 182 valence electrons. The number of hydrogen-bond acceptors (Lipinski definition) is 8. The van der Waals surface area contributed by atoms with E-state index in [0.717, 1.165) is 21.3 Å². The van der Waals surface area contributed by atoms with Crippen molar-refractivity contribution in [3.05, 3.63) is 83.1 Å². The summed E-state index contributed by atoms with van der Waals surface area (Å²) in [7, 11) is 0. The standard InChI is InChI=1S/C25H21BrN6O3S/c1-16(18-3-9-22(10-4-18)35-17(2)33)28-29-23(34)15-36-25-31-30-24(19-11-13-27-14-12-19)32(25)21-7-5-20(26)6-8-21/h3-14H,15H2,1-2H3,(H,29,34). The Morgan fingerprint density at radius 2 is 1.69 bits per heavy atom. The average molecular weight is 565 g/mol. The van der Waals surface area contributed by atoms with Crippen LogP contribution in [0.25, 0.3) is 17.1 Å². The molecule has 4 aromatic rings. The van der Waals surface area contributed by atoms with Crippen molar-refractivity contribution in [3.8, 4) is 22.8 Å². The van der Waals surface area contributed by atoms with Gasteiger partial charge in [-0.2, -0.15) is 5.10 Å². The minimum atomic E-state index is -0.387. The Hall–Kier alpha value is -3.83. The van der Waals surface area contributed by atoms with E-state index in [2.05, 4.69) is 41.6 Å². The summed E-state index contributed by atoms with van der Waals surface area (Å²) in [6.07, 6.45) is 3.39. The van der Waals surface area contributed by atoms with Gasteiger partial charge in [-0.25, -0.2) is 5.43 Å². The zero-order valence-corrected chi connectivity index (χ0v) is 21.8. The second-order valence-corrected chi connectivity index (χ2v) is 9.35. The molecule has 0 spiro atoms. The summed E-state index contributed by atoms with van der Waals surface area (Å²) in [5.41, 5.74) is 5.70. The number of ether oxygens (including phenoxy) is 1. The molecule has 1 amide bonds. The Morgan fingerprint density at radius 1 is 1.00 bits per heavy atom. The molecule has 0 fully saturated rings. The molecule has 0 unspecified atom stereocenters. The van der Waals surface area contributed by atoms with Gasteiger partial charge in [-0.1, -0.05) is 27.7 Å². The van der Waals surface area contributed by atoms with Crippen LogP contribution in [0.1, 0.15) is 19.4 Å². The van der Waals surface area contributed by atoms with Crippen molar-refractivity contribution in [2.75, 3.05) is 5.75 Å². The number of amides is 1. The summed E-state index contributed by atoms with van der Waals surface area (Å²) in [6, 6.07) is 18.3. The summed E-state index contributed by atoms with van der Waals surface area (Å²) in [4.78, 5) is 27.7. The van der Waals surface area contributed by atoms with Crippen molar-refractivity contribution < 1.29 is 14.3 Å². The smallest absolute Gasteiger partial charge is 0.308 e. The fraction of sp³-hybridized carbons (Fsp3) is 0.120. The highest BCUT2D eigenvalue weighted by atomic mass is 79.9. The van der Waals surface area contributed by atoms with Crippen LogP contribution in [0.5, 0.6) is 5.75 Å². The van der Waals surface area contributed by atoms with Crippen molar-refractivity contribution in [2.45, 2.75) is 19.0 Å². The maximum atomic E-state index is 12.5. The molecule has 0 saturated heterocycles. The van der Waals surface area contributed by atoms with Crippen molar-refractivity contribution in [2.24, 2.45) is 5.10 Å². The van der Waals surface area contributed by atoms with Crippen molar-refractivity contribution in [1.29, 1.82) is 0 Å². The molecule has 0 aliphatic carbocycles. The van der Waals surface area contributed by atoms with Gasteiger partial charge in [0.1, 0.15) is 5.75 Å². The van der Waals surface area contributed by atoms with Gasteiger partial charge in [0.05, 0.1) is 11.5 Å². The van der Waals surface area contributed by atoms with E-state index in [-0.39, 0.29) is 17.6 Å².